The van der Waals surface area contributed by atoms with Crippen LogP contribution in [0.25, 0.3) is 0 Å². The molecule has 3 fully saturated rings. The predicted molar refractivity (Wildman–Crippen MR) is 86.5 cm³/mol. The van der Waals surface area contributed by atoms with E-state index < -0.39 is 5.60 Å². The van der Waals surface area contributed by atoms with E-state index in [4.69, 9.17) is 0 Å². The van der Waals surface area contributed by atoms with Crippen molar-refractivity contribution in [3.63, 3.8) is 0 Å². The van der Waals surface area contributed by atoms with E-state index in [0.29, 0.717) is 29.5 Å². The Balaban J connectivity index is 1.39. The van der Waals surface area contributed by atoms with Crippen molar-refractivity contribution < 1.29 is 9.90 Å². The number of aliphatic hydroxyl groups is 1. The smallest absolute Gasteiger partial charge is 0.286 e. The minimum absolute atomic E-state index is 0.0574. The second kappa shape index (κ2) is 5.28. The van der Waals surface area contributed by atoms with Crippen molar-refractivity contribution in [1.82, 2.24) is 15.4 Å². The average Bonchev–Trinajstić information content (AvgIpc) is 2.66. The summed E-state index contributed by atoms with van der Waals surface area (Å²) >= 11 is 0. The molecule has 2 heterocycles. The van der Waals surface area contributed by atoms with Crippen LogP contribution >= 0.6 is 0 Å². The van der Waals surface area contributed by atoms with Gasteiger partial charge in [0.05, 0.1) is 12.1 Å². The molecule has 0 radical (unpaired) electrons. The minimum atomic E-state index is -0.461. The molecule has 4 rings (SSSR count). The Morgan fingerprint density at radius 2 is 2.17 bits per heavy atom. The monoisotopic (exact) mass is 315 g/mol. The van der Waals surface area contributed by atoms with Crippen LogP contribution in [0.4, 0.5) is 0 Å². The topological polar surface area (TPSA) is 65.5 Å². The second-order valence-corrected chi connectivity index (χ2v) is 7.92. The number of aromatic nitrogens is 1. The van der Waals surface area contributed by atoms with Crippen LogP contribution in [0.15, 0.2) is 18.2 Å². The van der Waals surface area contributed by atoms with E-state index >= 15 is 0 Å². The van der Waals surface area contributed by atoms with Crippen LogP contribution < -0.4 is 5.43 Å². The number of hydrazine groups is 1. The first kappa shape index (κ1) is 15.1. The molecule has 23 heavy (non-hydrogen) atoms. The van der Waals surface area contributed by atoms with Gasteiger partial charge in [0.15, 0.2) is 0 Å². The lowest BCUT2D eigenvalue weighted by Gasteiger charge is -2.44. The van der Waals surface area contributed by atoms with E-state index in [1.165, 1.54) is 6.42 Å². The predicted octanol–water partition coefficient (Wildman–Crippen LogP) is 1.91. The summed E-state index contributed by atoms with van der Waals surface area (Å²) in [5.74, 6) is 1.63. The number of nitrogens with one attached hydrogen (secondary N) is 1. The van der Waals surface area contributed by atoms with Gasteiger partial charge in [0.2, 0.25) is 0 Å². The Hall–Kier alpha value is -1.46. The fraction of sp³-hybridized carbons (Fsp3) is 0.667. The van der Waals surface area contributed by atoms with Gasteiger partial charge in [-0.15, -0.1) is 0 Å². The Labute approximate surface area is 137 Å². The number of carbonyl (C=O) groups excluding carboxylic acids is 1. The molecule has 5 heteroatoms. The molecule has 1 aliphatic heterocycles. The Bertz CT molecular complexity index is 628. The molecule has 124 valence electrons. The van der Waals surface area contributed by atoms with Crippen molar-refractivity contribution in [2.75, 3.05) is 6.54 Å². The Kier molecular flexibility index (Phi) is 3.46. The highest BCUT2D eigenvalue weighted by Gasteiger charge is 2.53. The summed E-state index contributed by atoms with van der Waals surface area (Å²) in [6.07, 6.45) is 3.96. The molecule has 0 aromatic carbocycles. The van der Waals surface area contributed by atoms with Gasteiger partial charge in [-0.05, 0) is 62.5 Å². The molecule has 5 nitrogen and oxygen atoms in total. The fourth-order valence-corrected chi connectivity index (χ4v) is 5.02. The molecule has 5 unspecified atom stereocenters. The Morgan fingerprint density at radius 1 is 1.39 bits per heavy atom. The van der Waals surface area contributed by atoms with E-state index in [1.807, 2.05) is 19.1 Å². The molecule has 2 aliphatic carbocycles. The zero-order valence-corrected chi connectivity index (χ0v) is 13.8. The van der Waals surface area contributed by atoms with E-state index in [9.17, 15) is 9.90 Å². The first-order valence-corrected chi connectivity index (χ1v) is 8.68. The van der Waals surface area contributed by atoms with E-state index in [2.05, 4.69) is 17.3 Å². The molecule has 1 saturated heterocycles. The van der Waals surface area contributed by atoms with E-state index in [1.54, 1.807) is 11.1 Å². The van der Waals surface area contributed by atoms with Gasteiger partial charge in [-0.25, -0.2) is 10.4 Å². The van der Waals surface area contributed by atoms with Crippen molar-refractivity contribution in [2.45, 2.75) is 51.2 Å². The summed E-state index contributed by atoms with van der Waals surface area (Å²) in [4.78, 5) is 16.7. The van der Waals surface area contributed by atoms with Gasteiger partial charge in [-0.1, -0.05) is 13.0 Å². The molecule has 0 spiro atoms. The van der Waals surface area contributed by atoms with Crippen LogP contribution in [0.1, 0.15) is 48.8 Å². The summed E-state index contributed by atoms with van der Waals surface area (Å²) in [5.41, 5.74) is 4.20. The van der Waals surface area contributed by atoms with Gasteiger partial charge in [-0.2, -0.15) is 0 Å². The molecule has 3 aliphatic rings. The number of fused-ring (bicyclic) bond motifs is 2. The van der Waals surface area contributed by atoms with Crippen LogP contribution in [0.2, 0.25) is 0 Å². The highest BCUT2D eigenvalue weighted by atomic mass is 16.3. The molecule has 2 bridgehead atoms. The third-order valence-corrected chi connectivity index (χ3v) is 5.87. The quantitative estimate of drug-likeness (QED) is 0.875. The van der Waals surface area contributed by atoms with Gasteiger partial charge >= 0.3 is 0 Å². The van der Waals surface area contributed by atoms with E-state index in [-0.39, 0.29) is 5.91 Å². The van der Waals surface area contributed by atoms with E-state index in [0.717, 1.165) is 31.5 Å². The van der Waals surface area contributed by atoms with Gasteiger partial charge < -0.3 is 5.11 Å². The molecule has 1 amide bonds. The maximum absolute atomic E-state index is 12.4. The van der Waals surface area contributed by atoms with Crippen molar-refractivity contribution in [1.29, 1.82) is 0 Å². The summed E-state index contributed by atoms with van der Waals surface area (Å²) in [7, 11) is 0. The summed E-state index contributed by atoms with van der Waals surface area (Å²) in [6, 6.07) is 5.83. The molecule has 2 N–H and O–H groups in total. The lowest BCUT2D eigenvalue weighted by molar-refractivity contribution is -0.00225. The third kappa shape index (κ3) is 2.66. The van der Waals surface area contributed by atoms with Crippen LogP contribution in [-0.4, -0.2) is 39.2 Å². The van der Waals surface area contributed by atoms with Gasteiger partial charge in [0, 0.05) is 11.7 Å². The van der Waals surface area contributed by atoms with Crippen molar-refractivity contribution in [3.8, 4) is 0 Å². The lowest BCUT2D eigenvalue weighted by atomic mass is 9.77. The number of carbonyl (C=O) groups is 1. The van der Waals surface area contributed by atoms with Crippen molar-refractivity contribution in [2.24, 2.45) is 17.8 Å². The lowest BCUT2D eigenvalue weighted by Crippen LogP contribution is -2.67. The van der Waals surface area contributed by atoms with Crippen LogP contribution in [0.3, 0.4) is 0 Å². The van der Waals surface area contributed by atoms with Gasteiger partial charge in [0.25, 0.3) is 5.91 Å². The standard InChI is InChI=1S/C18H25N3O2/c1-11-6-13-8-18(23,7-11)9-14(13)16-10-21(20-16)17(22)15-5-3-4-12(2)19-15/h3-5,11,13-14,16,20,23H,6-10H2,1-2H3. The third-order valence-electron chi connectivity index (χ3n) is 5.87. The number of pyridine rings is 1. The molecule has 1 aromatic rings. The van der Waals surface area contributed by atoms with Gasteiger partial charge in [-0.3, -0.25) is 9.80 Å². The maximum atomic E-state index is 12.4. The first-order chi connectivity index (χ1) is 10.9. The highest BCUT2D eigenvalue weighted by molar-refractivity contribution is 5.92. The SMILES string of the molecule is Cc1cccc(C(=O)N2CC(C3CC4(O)CC(C)CC3C4)N2)n1. The van der Waals surface area contributed by atoms with Crippen molar-refractivity contribution in [3.05, 3.63) is 29.6 Å². The second-order valence-electron chi connectivity index (χ2n) is 7.92. The number of nitrogens with zero attached hydrogens (tertiary/aromatic N) is 2. The fourth-order valence-electron chi connectivity index (χ4n) is 5.02. The zero-order valence-electron chi connectivity index (χ0n) is 13.8. The molecular weight excluding hydrogens is 290 g/mol. The largest absolute Gasteiger partial charge is 0.390 e. The van der Waals surface area contributed by atoms with Crippen molar-refractivity contribution >= 4 is 5.91 Å². The zero-order chi connectivity index (χ0) is 16.2. The first-order valence-electron chi connectivity index (χ1n) is 8.68. The van der Waals surface area contributed by atoms with Crippen LogP contribution in [0.5, 0.6) is 0 Å². The van der Waals surface area contributed by atoms with Crippen LogP contribution in [-0.2, 0) is 0 Å². The molecule has 5 atom stereocenters. The average molecular weight is 315 g/mol. The van der Waals surface area contributed by atoms with Gasteiger partial charge in [0.1, 0.15) is 5.69 Å². The van der Waals surface area contributed by atoms with Crippen LogP contribution in [0, 0.1) is 24.7 Å². The Morgan fingerprint density at radius 3 is 2.91 bits per heavy atom. The molecule has 1 aromatic heterocycles. The number of aryl methyl sites for hydroxylation is 1. The molecule has 2 saturated carbocycles. The maximum Gasteiger partial charge on any atom is 0.286 e. The number of rotatable bonds is 2. The molecular formula is C18H25N3O2. The summed E-state index contributed by atoms with van der Waals surface area (Å²) < 4.78 is 0. The normalized spacial score (nSPS) is 39.2. The minimum Gasteiger partial charge on any atom is -0.390 e. The summed E-state index contributed by atoms with van der Waals surface area (Å²) in [5, 5.41) is 12.4. The number of hydrogen-bond donors (Lipinski definition) is 2. The summed E-state index contributed by atoms with van der Waals surface area (Å²) in [6.45, 7) is 4.86. The number of hydrogen-bond acceptors (Lipinski definition) is 4. The highest BCUT2D eigenvalue weighted by Crippen LogP contribution is 2.52. The number of amides is 1.